The molecule has 0 saturated carbocycles. The zero-order chi connectivity index (χ0) is 11.5. The van der Waals surface area contributed by atoms with Crippen molar-refractivity contribution in [3.8, 4) is 0 Å². The van der Waals surface area contributed by atoms with Crippen LogP contribution in [0.25, 0.3) is 0 Å². The van der Waals surface area contributed by atoms with Crippen LogP contribution in [0.3, 0.4) is 0 Å². The van der Waals surface area contributed by atoms with Gasteiger partial charge in [0.2, 0.25) is 0 Å². The molecule has 1 aromatic heterocycles. The van der Waals surface area contributed by atoms with E-state index in [1.54, 1.807) is 24.4 Å². The second kappa shape index (κ2) is 4.60. The first-order valence-electron chi connectivity index (χ1n) is 4.71. The summed E-state index contributed by atoms with van der Waals surface area (Å²) in [5.74, 6) is -0.524. The van der Waals surface area contributed by atoms with Gasteiger partial charge >= 0.3 is 0 Å². The van der Waals surface area contributed by atoms with Crippen LogP contribution >= 0.6 is 11.6 Å². The average molecular weight is 238 g/mol. The summed E-state index contributed by atoms with van der Waals surface area (Å²) in [4.78, 5) is 3.87. The molecule has 0 aliphatic heterocycles. The molecule has 0 amide bonds. The maximum atomic E-state index is 13.5. The second-order valence-corrected chi connectivity index (χ2v) is 3.79. The highest BCUT2D eigenvalue weighted by molar-refractivity contribution is 6.30. The van der Waals surface area contributed by atoms with Gasteiger partial charge in [-0.15, -0.1) is 0 Å². The standard InChI is InChI=1S/C12H9ClFNO/c13-9-3-4-10(11(14)6-9)12(16)8-2-1-5-15-7-8/h1-7,12,16H/t12-/m0/s1. The Morgan fingerprint density at radius 1 is 1.31 bits per heavy atom. The molecule has 0 spiro atoms. The van der Waals surface area contributed by atoms with E-state index in [2.05, 4.69) is 4.98 Å². The lowest BCUT2D eigenvalue weighted by atomic mass is 10.0. The van der Waals surface area contributed by atoms with Gasteiger partial charge in [-0.2, -0.15) is 0 Å². The lowest BCUT2D eigenvalue weighted by molar-refractivity contribution is 0.214. The first-order valence-corrected chi connectivity index (χ1v) is 5.09. The average Bonchev–Trinajstić information content (AvgIpc) is 2.29. The van der Waals surface area contributed by atoms with Gasteiger partial charge in [0.25, 0.3) is 0 Å². The Bertz CT molecular complexity index is 490. The van der Waals surface area contributed by atoms with Gasteiger partial charge in [-0.25, -0.2) is 4.39 Å². The Labute approximate surface area is 97.3 Å². The predicted molar refractivity (Wildman–Crippen MR) is 59.7 cm³/mol. The molecule has 1 atom stereocenters. The number of hydrogen-bond acceptors (Lipinski definition) is 2. The third-order valence-corrected chi connectivity index (χ3v) is 2.49. The van der Waals surface area contributed by atoms with Crippen LogP contribution in [-0.4, -0.2) is 10.1 Å². The molecule has 0 radical (unpaired) electrons. The summed E-state index contributed by atoms with van der Waals surface area (Å²) in [5.41, 5.74) is 0.737. The Balaban J connectivity index is 2.38. The Morgan fingerprint density at radius 3 is 2.75 bits per heavy atom. The van der Waals surface area contributed by atoms with E-state index >= 15 is 0 Å². The molecule has 1 N–H and O–H groups in total. The molecule has 2 aromatic rings. The number of halogens is 2. The summed E-state index contributed by atoms with van der Waals surface area (Å²) in [7, 11) is 0. The summed E-state index contributed by atoms with van der Waals surface area (Å²) in [6.45, 7) is 0. The Hall–Kier alpha value is -1.45. The first-order chi connectivity index (χ1) is 7.68. The lowest BCUT2D eigenvalue weighted by Crippen LogP contribution is -2.02. The van der Waals surface area contributed by atoms with E-state index < -0.39 is 11.9 Å². The minimum absolute atomic E-state index is 0.192. The molecule has 16 heavy (non-hydrogen) atoms. The van der Waals surface area contributed by atoms with Crippen LogP contribution in [0.5, 0.6) is 0 Å². The van der Waals surface area contributed by atoms with Crippen LogP contribution in [0.4, 0.5) is 4.39 Å². The summed E-state index contributed by atoms with van der Waals surface area (Å²) < 4.78 is 13.5. The molecular weight excluding hydrogens is 229 g/mol. The number of pyridine rings is 1. The third-order valence-electron chi connectivity index (χ3n) is 2.26. The summed E-state index contributed by atoms with van der Waals surface area (Å²) in [6, 6.07) is 7.56. The summed E-state index contributed by atoms with van der Waals surface area (Å²) >= 11 is 5.63. The molecule has 2 nitrogen and oxygen atoms in total. The van der Waals surface area contributed by atoms with Gasteiger partial charge in [0.05, 0.1) is 0 Å². The van der Waals surface area contributed by atoms with Crippen molar-refractivity contribution in [2.45, 2.75) is 6.10 Å². The number of nitrogens with zero attached hydrogens (tertiary/aromatic N) is 1. The van der Waals surface area contributed by atoms with Gasteiger partial charge in [0.15, 0.2) is 0 Å². The fourth-order valence-electron chi connectivity index (χ4n) is 1.44. The van der Waals surface area contributed by atoms with Crippen LogP contribution < -0.4 is 0 Å². The fraction of sp³-hybridized carbons (Fsp3) is 0.0833. The zero-order valence-corrected chi connectivity index (χ0v) is 9.03. The van der Waals surface area contributed by atoms with E-state index in [9.17, 15) is 9.50 Å². The van der Waals surface area contributed by atoms with Gasteiger partial charge in [-0.05, 0) is 18.2 Å². The van der Waals surface area contributed by atoms with Crippen LogP contribution in [0, 0.1) is 5.82 Å². The van der Waals surface area contributed by atoms with Gasteiger partial charge < -0.3 is 5.11 Å². The van der Waals surface area contributed by atoms with Crippen LogP contribution in [0.2, 0.25) is 5.02 Å². The normalized spacial score (nSPS) is 12.4. The third kappa shape index (κ3) is 2.21. The molecule has 0 aliphatic carbocycles. The minimum Gasteiger partial charge on any atom is -0.383 e. The molecule has 0 saturated heterocycles. The minimum atomic E-state index is -1.02. The number of benzene rings is 1. The number of aromatic nitrogens is 1. The van der Waals surface area contributed by atoms with Gasteiger partial charge in [0, 0.05) is 28.5 Å². The maximum Gasteiger partial charge on any atom is 0.130 e. The van der Waals surface area contributed by atoms with Crippen LogP contribution in [0.1, 0.15) is 17.2 Å². The zero-order valence-electron chi connectivity index (χ0n) is 8.27. The number of rotatable bonds is 2. The fourth-order valence-corrected chi connectivity index (χ4v) is 1.60. The van der Waals surface area contributed by atoms with Gasteiger partial charge in [0.1, 0.15) is 11.9 Å². The number of hydrogen-bond donors (Lipinski definition) is 1. The Kier molecular flexibility index (Phi) is 3.17. The van der Waals surface area contributed by atoms with E-state index in [-0.39, 0.29) is 5.56 Å². The molecule has 1 heterocycles. The monoisotopic (exact) mass is 237 g/mol. The predicted octanol–water partition coefficient (Wildman–Crippen LogP) is 2.96. The highest BCUT2D eigenvalue weighted by Crippen LogP contribution is 2.25. The van der Waals surface area contributed by atoms with Crippen molar-refractivity contribution >= 4 is 11.6 Å². The van der Waals surface area contributed by atoms with E-state index in [4.69, 9.17) is 11.6 Å². The van der Waals surface area contributed by atoms with Crippen molar-refractivity contribution in [1.82, 2.24) is 4.98 Å². The van der Waals surface area contributed by atoms with Crippen LogP contribution in [0.15, 0.2) is 42.7 Å². The molecule has 0 fully saturated rings. The number of aliphatic hydroxyl groups excluding tert-OH is 1. The SMILES string of the molecule is O[C@@H](c1cccnc1)c1ccc(Cl)cc1F. The lowest BCUT2D eigenvalue weighted by Gasteiger charge is -2.11. The molecule has 0 unspecified atom stereocenters. The van der Waals surface area contributed by atoms with E-state index in [1.165, 1.54) is 18.3 Å². The van der Waals surface area contributed by atoms with Crippen molar-refractivity contribution in [3.63, 3.8) is 0 Å². The van der Waals surface area contributed by atoms with E-state index in [0.29, 0.717) is 10.6 Å². The highest BCUT2D eigenvalue weighted by Gasteiger charge is 2.14. The molecular formula is C12H9ClFNO. The maximum absolute atomic E-state index is 13.5. The van der Waals surface area contributed by atoms with Crippen molar-refractivity contribution in [1.29, 1.82) is 0 Å². The van der Waals surface area contributed by atoms with E-state index in [0.717, 1.165) is 0 Å². The number of aliphatic hydroxyl groups is 1. The molecule has 82 valence electrons. The largest absolute Gasteiger partial charge is 0.383 e. The molecule has 4 heteroatoms. The van der Waals surface area contributed by atoms with Crippen molar-refractivity contribution in [2.24, 2.45) is 0 Å². The van der Waals surface area contributed by atoms with Gasteiger partial charge in [-0.3, -0.25) is 4.98 Å². The smallest absolute Gasteiger partial charge is 0.130 e. The highest BCUT2D eigenvalue weighted by atomic mass is 35.5. The quantitative estimate of drug-likeness (QED) is 0.871. The van der Waals surface area contributed by atoms with Crippen molar-refractivity contribution < 1.29 is 9.50 Å². The molecule has 1 aromatic carbocycles. The molecule has 2 rings (SSSR count). The summed E-state index contributed by atoms with van der Waals surface area (Å²) in [6.07, 6.45) is 2.07. The molecule has 0 bridgehead atoms. The van der Waals surface area contributed by atoms with Gasteiger partial charge in [-0.1, -0.05) is 23.7 Å². The second-order valence-electron chi connectivity index (χ2n) is 3.35. The topological polar surface area (TPSA) is 33.1 Å². The Morgan fingerprint density at radius 2 is 2.12 bits per heavy atom. The van der Waals surface area contributed by atoms with E-state index in [1.807, 2.05) is 0 Å². The van der Waals surface area contributed by atoms with Crippen molar-refractivity contribution in [2.75, 3.05) is 0 Å². The first kappa shape index (κ1) is 11.0. The molecule has 0 aliphatic rings. The van der Waals surface area contributed by atoms with Crippen molar-refractivity contribution in [3.05, 3.63) is 64.7 Å². The summed E-state index contributed by atoms with van der Waals surface area (Å²) in [5, 5.41) is 10.2. The van der Waals surface area contributed by atoms with Crippen LogP contribution in [-0.2, 0) is 0 Å².